The lowest BCUT2D eigenvalue weighted by molar-refractivity contribution is 0.171. The average Bonchev–Trinajstić information content (AvgIpc) is 2.93. The van der Waals surface area contributed by atoms with E-state index in [0.29, 0.717) is 11.3 Å². The first-order valence-corrected chi connectivity index (χ1v) is 13.9. The molecule has 0 aliphatic heterocycles. The van der Waals surface area contributed by atoms with Crippen molar-refractivity contribution in [1.29, 1.82) is 0 Å². The summed E-state index contributed by atoms with van der Waals surface area (Å²) in [6.07, 6.45) is 30.6. The van der Waals surface area contributed by atoms with E-state index in [1.807, 2.05) is 12.3 Å². The zero-order chi connectivity index (χ0) is 23.4. The summed E-state index contributed by atoms with van der Waals surface area (Å²) in [5.41, 5.74) is 4.45. The fourth-order valence-corrected chi connectivity index (χ4v) is 6.78. The number of hydrogen-bond acceptors (Lipinski definition) is 2. The molecule has 1 spiro atoms. The van der Waals surface area contributed by atoms with E-state index in [-0.39, 0.29) is 0 Å². The van der Waals surface area contributed by atoms with Gasteiger partial charge in [0.05, 0.1) is 5.69 Å². The normalized spacial score (nSPS) is 28.2. The van der Waals surface area contributed by atoms with Crippen molar-refractivity contribution in [3.8, 4) is 0 Å². The van der Waals surface area contributed by atoms with Crippen LogP contribution in [-0.2, 0) is 0 Å². The van der Waals surface area contributed by atoms with Crippen molar-refractivity contribution >= 4 is 20.1 Å². The predicted octanol–water partition coefficient (Wildman–Crippen LogP) is 8.39. The number of nitrogens with zero attached hydrogens (tertiary/aromatic N) is 1. The Balaban J connectivity index is 1.63. The maximum absolute atomic E-state index is 5.54. The Bertz CT molecular complexity index is 729. The molecule has 1 aromatic rings. The maximum Gasteiger partial charge on any atom is 0.177 e. The molecule has 0 aromatic carbocycles. The van der Waals surface area contributed by atoms with Gasteiger partial charge in [0.25, 0.3) is 0 Å². The van der Waals surface area contributed by atoms with Crippen molar-refractivity contribution < 1.29 is 0 Å². The molecule has 0 amide bonds. The first kappa shape index (κ1) is 26.3. The van der Waals surface area contributed by atoms with E-state index < -0.39 is 0 Å². The van der Waals surface area contributed by atoms with Crippen LogP contribution in [0.25, 0.3) is 12.2 Å². The summed E-state index contributed by atoms with van der Waals surface area (Å²) in [6, 6.07) is 2.27. The van der Waals surface area contributed by atoms with Crippen molar-refractivity contribution in [3.63, 3.8) is 0 Å². The van der Waals surface area contributed by atoms with E-state index in [2.05, 4.69) is 41.9 Å². The molecule has 3 heteroatoms. The van der Waals surface area contributed by atoms with E-state index in [1.165, 1.54) is 114 Å². The van der Waals surface area contributed by atoms with E-state index in [4.69, 9.17) is 7.98 Å². The lowest BCUT2D eigenvalue weighted by Gasteiger charge is -2.36. The van der Waals surface area contributed by atoms with Gasteiger partial charge in [0.15, 0.2) is 7.98 Å². The van der Waals surface area contributed by atoms with Gasteiger partial charge < -0.3 is 5.23 Å². The predicted molar refractivity (Wildman–Crippen MR) is 145 cm³/mol. The highest BCUT2D eigenvalue weighted by Crippen LogP contribution is 2.45. The van der Waals surface area contributed by atoms with Crippen molar-refractivity contribution in [1.82, 2.24) is 10.2 Å². The molecule has 2 nitrogen and oxygen atoms in total. The Morgan fingerprint density at radius 1 is 1.00 bits per heavy atom. The molecule has 1 unspecified atom stereocenters. The fourth-order valence-electron chi connectivity index (χ4n) is 6.78. The minimum atomic E-state index is 0.622. The van der Waals surface area contributed by atoms with Gasteiger partial charge in [0.2, 0.25) is 0 Å². The highest BCUT2D eigenvalue weighted by atomic mass is 14.7. The third-order valence-corrected chi connectivity index (χ3v) is 8.63. The summed E-state index contributed by atoms with van der Waals surface area (Å²) in [6.45, 7) is 7.08. The van der Waals surface area contributed by atoms with Gasteiger partial charge in [0.1, 0.15) is 0 Å². The highest BCUT2D eigenvalue weighted by molar-refractivity contribution is 6.04. The zero-order valence-electron chi connectivity index (χ0n) is 21.3. The van der Waals surface area contributed by atoms with Crippen molar-refractivity contribution in [2.45, 2.75) is 116 Å². The molecule has 2 fully saturated rings. The van der Waals surface area contributed by atoms with Gasteiger partial charge in [-0.3, -0.25) is 4.98 Å². The monoisotopic (exact) mass is 446 g/mol. The van der Waals surface area contributed by atoms with Crippen LogP contribution in [0.15, 0.2) is 24.9 Å². The van der Waals surface area contributed by atoms with Gasteiger partial charge in [-0.05, 0) is 93.4 Å². The number of hydrogen-bond donors (Lipinski definition) is 1. The minimum absolute atomic E-state index is 0.622. The molecule has 3 rings (SSSR count). The maximum atomic E-state index is 5.54. The quantitative estimate of drug-likeness (QED) is 0.444. The molecular formula is C30H47BN2. The molecule has 2 aliphatic carbocycles. The second kappa shape index (κ2) is 14.1. The molecule has 2 aliphatic rings. The van der Waals surface area contributed by atoms with Crippen LogP contribution in [0.2, 0.25) is 0 Å². The summed E-state index contributed by atoms with van der Waals surface area (Å²) in [5, 5.41) is 2.87. The number of rotatable bonds is 6. The number of nitrogens with one attached hydrogen (secondary N) is 1. The van der Waals surface area contributed by atoms with Gasteiger partial charge in [-0.2, -0.15) is 0 Å². The van der Waals surface area contributed by atoms with Gasteiger partial charge in [-0.25, -0.2) is 0 Å². The van der Waals surface area contributed by atoms with Crippen LogP contribution < -0.4 is 5.23 Å². The Labute approximate surface area is 205 Å². The van der Waals surface area contributed by atoms with Gasteiger partial charge in [-0.1, -0.05) is 76.5 Å². The molecule has 0 saturated heterocycles. The van der Waals surface area contributed by atoms with Crippen molar-refractivity contribution in [2.75, 3.05) is 6.54 Å². The molecule has 1 atom stereocenters. The topological polar surface area (TPSA) is 24.9 Å². The molecule has 0 bridgehead atoms. The summed E-state index contributed by atoms with van der Waals surface area (Å²) in [7, 11) is 5.54. The highest BCUT2D eigenvalue weighted by Gasteiger charge is 2.31. The molecule has 1 heterocycles. The van der Waals surface area contributed by atoms with E-state index in [1.54, 1.807) is 0 Å². The van der Waals surface area contributed by atoms with Crippen LogP contribution in [0.3, 0.4) is 0 Å². The molecule has 180 valence electrons. The Morgan fingerprint density at radius 2 is 1.64 bits per heavy atom. The SMILES string of the molecule is [B]NCCC1CCCCC2(CCCCC(c3ccnc(C=C)c3/C=C\C)CCCC2)CCC1. The van der Waals surface area contributed by atoms with E-state index in [0.717, 1.165) is 18.2 Å². The number of pyridine rings is 1. The molecule has 1 N–H and O–H groups in total. The summed E-state index contributed by atoms with van der Waals surface area (Å²) in [4.78, 5) is 4.57. The summed E-state index contributed by atoms with van der Waals surface area (Å²) < 4.78 is 0. The number of allylic oxidation sites excluding steroid dienone is 1. The first-order valence-electron chi connectivity index (χ1n) is 13.9. The average molecular weight is 447 g/mol. The largest absolute Gasteiger partial charge is 0.366 e. The number of aromatic nitrogens is 1. The molecule has 2 saturated carbocycles. The minimum Gasteiger partial charge on any atom is -0.366 e. The van der Waals surface area contributed by atoms with Crippen molar-refractivity contribution in [2.24, 2.45) is 11.3 Å². The third kappa shape index (κ3) is 7.84. The van der Waals surface area contributed by atoms with Crippen molar-refractivity contribution in [3.05, 3.63) is 41.7 Å². The first-order chi connectivity index (χ1) is 16.2. The second-order valence-electron chi connectivity index (χ2n) is 10.8. The molecule has 2 radical (unpaired) electrons. The third-order valence-electron chi connectivity index (χ3n) is 8.63. The lowest BCUT2D eigenvalue weighted by atomic mass is 9.70. The lowest BCUT2D eigenvalue weighted by Crippen LogP contribution is -2.22. The molecule has 33 heavy (non-hydrogen) atoms. The van der Waals surface area contributed by atoms with Crippen LogP contribution in [0.5, 0.6) is 0 Å². The van der Waals surface area contributed by atoms with Crippen LogP contribution in [0.4, 0.5) is 0 Å². The van der Waals surface area contributed by atoms with Crippen LogP contribution in [0.1, 0.15) is 132 Å². The summed E-state index contributed by atoms with van der Waals surface area (Å²) >= 11 is 0. The van der Waals surface area contributed by atoms with E-state index in [9.17, 15) is 0 Å². The van der Waals surface area contributed by atoms with E-state index >= 15 is 0 Å². The smallest absolute Gasteiger partial charge is 0.177 e. The van der Waals surface area contributed by atoms with Gasteiger partial charge in [0, 0.05) is 11.8 Å². The zero-order valence-corrected chi connectivity index (χ0v) is 21.3. The molecule has 1 aromatic heterocycles. The van der Waals surface area contributed by atoms with Crippen LogP contribution in [0, 0.1) is 11.3 Å². The van der Waals surface area contributed by atoms with Crippen LogP contribution in [-0.4, -0.2) is 19.5 Å². The van der Waals surface area contributed by atoms with Gasteiger partial charge >= 0.3 is 0 Å². The summed E-state index contributed by atoms with van der Waals surface area (Å²) in [5.74, 6) is 1.54. The van der Waals surface area contributed by atoms with Gasteiger partial charge in [-0.15, -0.1) is 0 Å². The standard InChI is InChI=1S/C30H47BN2/c1-3-12-28-27(18-23-32-29(28)4-2)26-15-6-9-20-30(21-10-7-16-26)19-8-5-13-25(14-11-22-30)17-24-33-31/h3-4,12,18,23,25-26,33H,2,5-11,13-17,19-22,24H2,1H3/b12-3-. The Hall–Kier alpha value is -1.35. The van der Waals surface area contributed by atoms with Crippen LogP contribution >= 0.6 is 0 Å². The fraction of sp³-hybridized carbons (Fsp3) is 0.700. The molecular weight excluding hydrogens is 399 g/mol. The Morgan fingerprint density at radius 3 is 2.27 bits per heavy atom. The Kier molecular flexibility index (Phi) is 11.3. The second-order valence-corrected chi connectivity index (χ2v) is 10.8.